The normalized spacial score (nSPS) is 17.1. The third-order valence-corrected chi connectivity index (χ3v) is 3.05. The molecule has 0 saturated carbocycles. The molecular formula is C11H15BrN2O. The van der Waals surface area contributed by atoms with E-state index < -0.39 is 0 Å². The number of halogens is 1. The molecule has 3 nitrogen and oxygen atoms in total. The summed E-state index contributed by atoms with van der Waals surface area (Å²) in [6, 6.07) is 2.63. The van der Waals surface area contributed by atoms with Gasteiger partial charge in [-0.05, 0) is 35.8 Å². The lowest BCUT2D eigenvalue weighted by Gasteiger charge is -2.23. The van der Waals surface area contributed by atoms with Gasteiger partial charge >= 0.3 is 0 Å². The van der Waals surface area contributed by atoms with Crippen molar-refractivity contribution in [3.05, 3.63) is 22.3 Å². The molecule has 2 heterocycles. The minimum Gasteiger partial charge on any atom is -0.476 e. The van der Waals surface area contributed by atoms with Gasteiger partial charge in [0.25, 0.3) is 0 Å². The van der Waals surface area contributed by atoms with Crippen LogP contribution in [0.2, 0.25) is 0 Å². The van der Waals surface area contributed by atoms with E-state index in [1.807, 2.05) is 0 Å². The SMILES string of the molecule is CC(C)N1CCOc2ncc(Br)cc2C1. The van der Waals surface area contributed by atoms with Crippen molar-refractivity contribution in [2.75, 3.05) is 13.2 Å². The Labute approximate surface area is 98.6 Å². The first-order chi connectivity index (χ1) is 7.16. The molecule has 0 spiro atoms. The molecule has 0 amide bonds. The average molecular weight is 271 g/mol. The summed E-state index contributed by atoms with van der Waals surface area (Å²) in [5.41, 5.74) is 1.16. The van der Waals surface area contributed by atoms with Crippen LogP contribution in [0.5, 0.6) is 5.88 Å². The molecule has 1 aliphatic heterocycles. The molecule has 0 aromatic carbocycles. The van der Waals surface area contributed by atoms with Gasteiger partial charge in [-0.1, -0.05) is 0 Å². The Morgan fingerprint density at radius 1 is 1.53 bits per heavy atom. The van der Waals surface area contributed by atoms with E-state index in [4.69, 9.17) is 4.74 Å². The summed E-state index contributed by atoms with van der Waals surface area (Å²) >= 11 is 3.44. The fourth-order valence-electron chi connectivity index (χ4n) is 1.71. The quantitative estimate of drug-likeness (QED) is 0.784. The van der Waals surface area contributed by atoms with E-state index in [9.17, 15) is 0 Å². The van der Waals surface area contributed by atoms with E-state index in [-0.39, 0.29) is 0 Å². The fourth-order valence-corrected chi connectivity index (χ4v) is 2.09. The summed E-state index contributed by atoms with van der Waals surface area (Å²) in [7, 11) is 0. The molecule has 1 aromatic rings. The molecule has 0 radical (unpaired) electrons. The third-order valence-electron chi connectivity index (χ3n) is 2.61. The van der Waals surface area contributed by atoms with Crippen molar-refractivity contribution < 1.29 is 4.74 Å². The molecule has 82 valence electrons. The molecule has 15 heavy (non-hydrogen) atoms. The fraction of sp³-hybridized carbons (Fsp3) is 0.545. The Kier molecular flexibility index (Phi) is 3.26. The number of pyridine rings is 1. The maximum Gasteiger partial charge on any atom is 0.217 e. The van der Waals surface area contributed by atoms with E-state index in [0.29, 0.717) is 6.04 Å². The zero-order chi connectivity index (χ0) is 10.8. The van der Waals surface area contributed by atoms with Crippen molar-refractivity contribution in [2.24, 2.45) is 0 Å². The maximum absolute atomic E-state index is 5.61. The minimum absolute atomic E-state index is 0.540. The lowest BCUT2D eigenvalue weighted by atomic mass is 10.2. The van der Waals surface area contributed by atoms with Crippen molar-refractivity contribution in [3.63, 3.8) is 0 Å². The molecule has 0 N–H and O–H groups in total. The predicted molar refractivity (Wildman–Crippen MR) is 63.0 cm³/mol. The van der Waals surface area contributed by atoms with Gasteiger partial charge in [-0.15, -0.1) is 0 Å². The van der Waals surface area contributed by atoms with Crippen molar-refractivity contribution in [1.29, 1.82) is 0 Å². The van der Waals surface area contributed by atoms with Crippen molar-refractivity contribution in [2.45, 2.75) is 26.4 Å². The predicted octanol–water partition coefficient (Wildman–Crippen LogP) is 2.45. The summed E-state index contributed by atoms with van der Waals surface area (Å²) in [5.74, 6) is 0.779. The molecule has 1 aromatic heterocycles. The van der Waals surface area contributed by atoms with Gasteiger partial charge in [0.1, 0.15) is 6.61 Å². The minimum atomic E-state index is 0.540. The highest BCUT2D eigenvalue weighted by Crippen LogP contribution is 2.24. The number of nitrogens with zero attached hydrogens (tertiary/aromatic N) is 2. The Balaban J connectivity index is 2.27. The second kappa shape index (κ2) is 4.49. The summed E-state index contributed by atoms with van der Waals surface area (Å²) in [6.45, 7) is 7.01. The molecule has 4 heteroatoms. The first-order valence-corrected chi connectivity index (χ1v) is 5.97. The van der Waals surface area contributed by atoms with Crippen molar-refractivity contribution >= 4 is 15.9 Å². The van der Waals surface area contributed by atoms with Gasteiger partial charge in [0.05, 0.1) is 0 Å². The second-order valence-corrected chi connectivity index (χ2v) is 4.95. The summed E-state index contributed by atoms with van der Waals surface area (Å²) in [6.07, 6.45) is 1.78. The van der Waals surface area contributed by atoms with Gasteiger partial charge in [0, 0.05) is 35.4 Å². The zero-order valence-corrected chi connectivity index (χ0v) is 10.6. The first kappa shape index (κ1) is 10.9. The van der Waals surface area contributed by atoms with Crippen LogP contribution in [0.4, 0.5) is 0 Å². The number of hydrogen-bond acceptors (Lipinski definition) is 3. The van der Waals surface area contributed by atoms with Crippen LogP contribution in [0, 0.1) is 0 Å². The molecule has 0 saturated heterocycles. The molecule has 0 fully saturated rings. The smallest absolute Gasteiger partial charge is 0.217 e. The standard InChI is InChI=1S/C11H15BrN2O/c1-8(2)14-3-4-15-11-9(7-14)5-10(12)6-13-11/h5-6,8H,3-4,7H2,1-2H3. The molecule has 0 bridgehead atoms. The summed E-state index contributed by atoms with van der Waals surface area (Å²) in [4.78, 5) is 6.67. The number of ether oxygens (including phenoxy) is 1. The van der Waals surface area contributed by atoms with Gasteiger partial charge in [0.2, 0.25) is 5.88 Å². The largest absolute Gasteiger partial charge is 0.476 e. The van der Waals surface area contributed by atoms with E-state index in [1.165, 1.54) is 0 Å². The van der Waals surface area contributed by atoms with Crippen LogP contribution in [0.15, 0.2) is 16.7 Å². The van der Waals surface area contributed by atoms with Crippen LogP contribution in [-0.2, 0) is 6.54 Å². The highest BCUT2D eigenvalue weighted by molar-refractivity contribution is 9.10. The Morgan fingerprint density at radius 2 is 2.33 bits per heavy atom. The maximum atomic E-state index is 5.61. The Hall–Kier alpha value is -0.610. The van der Waals surface area contributed by atoms with E-state index in [2.05, 4.69) is 45.7 Å². The lowest BCUT2D eigenvalue weighted by molar-refractivity contribution is 0.187. The molecule has 1 aliphatic rings. The van der Waals surface area contributed by atoms with Crippen LogP contribution in [0.1, 0.15) is 19.4 Å². The Bertz CT molecular complexity index is 354. The van der Waals surface area contributed by atoms with Crippen LogP contribution in [0.25, 0.3) is 0 Å². The average Bonchev–Trinajstić information content (AvgIpc) is 2.39. The number of rotatable bonds is 1. The molecule has 2 rings (SSSR count). The lowest BCUT2D eigenvalue weighted by Crippen LogP contribution is -2.32. The highest BCUT2D eigenvalue weighted by atomic mass is 79.9. The van der Waals surface area contributed by atoms with Gasteiger partial charge in [-0.25, -0.2) is 4.98 Å². The number of fused-ring (bicyclic) bond motifs is 1. The van der Waals surface area contributed by atoms with Crippen LogP contribution in [0.3, 0.4) is 0 Å². The molecule has 0 atom stereocenters. The van der Waals surface area contributed by atoms with Gasteiger partial charge in [-0.2, -0.15) is 0 Å². The third kappa shape index (κ3) is 2.49. The van der Waals surface area contributed by atoms with Crippen LogP contribution < -0.4 is 4.74 Å². The summed E-state index contributed by atoms with van der Waals surface area (Å²) < 4.78 is 6.62. The Morgan fingerprint density at radius 3 is 3.07 bits per heavy atom. The van der Waals surface area contributed by atoms with E-state index in [1.54, 1.807) is 6.20 Å². The van der Waals surface area contributed by atoms with Crippen LogP contribution >= 0.6 is 15.9 Å². The van der Waals surface area contributed by atoms with Crippen LogP contribution in [-0.4, -0.2) is 29.1 Å². The van der Waals surface area contributed by atoms with E-state index >= 15 is 0 Å². The summed E-state index contributed by atoms with van der Waals surface area (Å²) in [5, 5.41) is 0. The molecule has 0 unspecified atom stereocenters. The van der Waals surface area contributed by atoms with Gasteiger partial charge in [0.15, 0.2) is 0 Å². The first-order valence-electron chi connectivity index (χ1n) is 5.18. The van der Waals surface area contributed by atoms with E-state index in [0.717, 1.165) is 35.6 Å². The van der Waals surface area contributed by atoms with Gasteiger partial charge < -0.3 is 4.74 Å². The molecular weight excluding hydrogens is 256 g/mol. The molecule has 0 aliphatic carbocycles. The van der Waals surface area contributed by atoms with Crippen molar-refractivity contribution in [1.82, 2.24) is 9.88 Å². The second-order valence-electron chi connectivity index (χ2n) is 4.03. The number of hydrogen-bond donors (Lipinski definition) is 0. The monoisotopic (exact) mass is 270 g/mol. The number of aromatic nitrogens is 1. The highest BCUT2D eigenvalue weighted by Gasteiger charge is 2.18. The zero-order valence-electron chi connectivity index (χ0n) is 9.03. The van der Waals surface area contributed by atoms with Gasteiger partial charge in [-0.3, -0.25) is 4.90 Å². The van der Waals surface area contributed by atoms with Crippen molar-refractivity contribution in [3.8, 4) is 5.88 Å². The topological polar surface area (TPSA) is 25.4 Å².